The highest BCUT2D eigenvalue weighted by Crippen LogP contribution is 2.19. The summed E-state index contributed by atoms with van der Waals surface area (Å²) in [5.74, 6) is 1.50. The van der Waals surface area contributed by atoms with Crippen molar-refractivity contribution in [2.24, 2.45) is 0 Å². The van der Waals surface area contributed by atoms with Crippen molar-refractivity contribution in [1.82, 2.24) is 25.1 Å². The maximum absolute atomic E-state index is 5.69. The van der Waals surface area contributed by atoms with Crippen LogP contribution in [0.25, 0.3) is 11.3 Å². The van der Waals surface area contributed by atoms with Crippen molar-refractivity contribution >= 4 is 5.95 Å². The van der Waals surface area contributed by atoms with Crippen molar-refractivity contribution in [3.05, 3.63) is 53.9 Å². The van der Waals surface area contributed by atoms with Gasteiger partial charge < -0.3 is 9.32 Å². The van der Waals surface area contributed by atoms with E-state index in [1.807, 2.05) is 30.3 Å². The molecular formula is C21H26N6O. The summed E-state index contributed by atoms with van der Waals surface area (Å²) in [4.78, 5) is 13.9. The molecule has 4 rings (SSSR count). The Bertz CT molecular complexity index is 902. The molecule has 2 aromatic heterocycles. The average Bonchev–Trinajstić information content (AvgIpc) is 3.23. The number of benzene rings is 1. The van der Waals surface area contributed by atoms with Gasteiger partial charge in [0.25, 0.3) is 0 Å². The first-order valence-electron chi connectivity index (χ1n) is 9.96. The molecule has 0 N–H and O–H groups in total. The summed E-state index contributed by atoms with van der Waals surface area (Å²) in [5, 5.41) is 8.71. The SMILES string of the molecule is CCc1nnc(N2CCN(Cc3nc(-c4ccccc4)co3)CC2)nc1CC. The Morgan fingerprint density at radius 2 is 1.64 bits per heavy atom. The minimum Gasteiger partial charge on any atom is -0.447 e. The van der Waals surface area contributed by atoms with Crippen LogP contribution in [0.15, 0.2) is 41.0 Å². The standard InChI is InChI=1S/C21H26N6O/c1-3-17-18(4-2)24-25-21(23-17)27-12-10-26(11-13-27)14-20-22-19(15-28-20)16-8-6-5-7-9-16/h5-9,15H,3-4,10-14H2,1-2H3. The molecule has 7 heteroatoms. The summed E-state index contributed by atoms with van der Waals surface area (Å²) >= 11 is 0. The van der Waals surface area contributed by atoms with Gasteiger partial charge in [-0.25, -0.2) is 9.97 Å². The fraction of sp³-hybridized carbons (Fsp3) is 0.429. The predicted octanol–water partition coefficient (Wildman–Crippen LogP) is 2.97. The van der Waals surface area contributed by atoms with Crippen LogP contribution in [0.3, 0.4) is 0 Å². The van der Waals surface area contributed by atoms with Gasteiger partial charge in [-0.2, -0.15) is 5.10 Å². The van der Waals surface area contributed by atoms with Gasteiger partial charge in [0.05, 0.1) is 17.9 Å². The van der Waals surface area contributed by atoms with Crippen LogP contribution in [0.5, 0.6) is 0 Å². The number of oxazole rings is 1. The van der Waals surface area contributed by atoms with Gasteiger partial charge in [-0.05, 0) is 12.8 Å². The molecular weight excluding hydrogens is 352 g/mol. The highest BCUT2D eigenvalue weighted by Gasteiger charge is 2.21. The molecule has 146 valence electrons. The first kappa shape index (κ1) is 18.6. The second-order valence-corrected chi connectivity index (χ2v) is 6.97. The number of hydrogen-bond acceptors (Lipinski definition) is 7. The third-order valence-electron chi connectivity index (χ3n) is 5.13. The lowest BCUT2D eigenvalue weighted by molar-refractivity contribution is 0.225. The second-order valence-electron chi connectivity index (χ2n) is 6.97. The molecule has 0 spiro atoms. The Morgan fingerprint density at radius 1 is 0.893 bits per heavy atom. The number of aromatic nitrogens is 4. The smallest absolute Gasteiger partial charge is 0.245 e. The van der Waals surface area contributed by atoms with Gasteiger partial charge in [-0.1, -0.05) is 44.2 Å². The molecule has 0 aliphatic carbocycles. The van der Waals surface area contributed by atoms with Gasteiger partial charge in [-0.3, -0.25) is 4.90 Å². The quantitative estimate of drug-likeness (QED) is 0.653. The van der Waals surface area contributed by atoms with E-state index < -0.39 is 0 Å². The summed E-state index contributed by atoms with van der Waals surface area (Å²) in [6.45, 7) is 8.52. The van der Waals surface area contributed by atoms with Crippen LogP contribution in [0.1, 0.15) is 31.1 Å². The van der Waals surface area contributed by atoms with Crippen LogP contribution >= 0.6 is 0 Å². The third-order valence-corrected chi connectivity index (χ3v) is 5.13. The third kappa shape index (κ3) is 4.04. The number of anilines is 1. The summed E-state index contributed by atoms with van der Waals surface area (Å²) in [7, 11) is 0. The molecule has 3 heterocycles. The molecule has 1 aliphatic heterocycles. The summed E-state index contributed by atoms with van der Waals surface area (Å²) < 4.78 is 5.69. The Kier molecular flexibility index (Phi) is 5.62. The van der Waals surface area contributed by atoms with Gasteiger partial charge in [0, 0.05) is 31.7 Å². The van der Waals surface area contributed by atoms with E-state index in [0.29, 0.717) is 0 Å². The molecule has 1 aliphatic rings. The number of rotatable bonds is 6. The van der Waals surface area contributed by atoms with Gasteiger partial charge in [0.1, 0.15) is 12.0 Å². The van der Waals surface area contributed by atoms with Crippen molar-refractivity contribution in [3.63, 3.8) is 0 Å². The largest absolute Gasteiger partial charge is 0.447 e. The van der Waals surface area contributed by atoms with Gasteiger partial charge in [-0.15, -0.1) is 5.10 Å². The highest BCUT2D eigenvalue weighted by atomic mass is 16.3. The van der Waals surface area contributed by atoms with E-state index >= 15 is 0 Å². The lowest BCUT2D eigenvalue weighted by atomic mass is 10.2. The van der Waals surface area contributed by atoms with Crippen molar-refractivity contribution in [3.8, 4) is 11.3 Å². The fourth-order valence-electron chi connectivity index (χ4n) is 3.48. The number of aryl methyl sites for hydroxylation is 2. The maximum Gasteiger partial charge on any atom is 0.245 e. The molecule has 0 unspecified atom stereocenters. The lowest BCUT2D eigenvalue weighted by Crippen LogP contribution is -2.46. The van der Waals surface area contributed by atoms with Crippen molar-refractivity contribution in [2.45, 2.75) is 33.2 Å². The lowest BCUT2D eigenvalue weighted by Gasteiger charge is -2.33. The fourth-order valence-corrected chi connectivity index (χ4v) is 3.48. The Balaban J connectivity index is 1.35. The van der Waals surface area contributed by atoms with E-state index in [4.69, 9.17) is 9.40 Å². The zero-order valence-electron chi connectivity index (χ0n) is 16.5. The first-order chi connectivity index (χ1) is 13.8. The highest BCUT2D eigenvalue weighted by molar-refractivity contribution is 5.57. The van der Waals surface area contributed by atoms with Gasteiger partial charge in [0.15, 0.2) is 0 Å². The van der Waals surface area contributed by atoms with Gasteiger partial charge in [0.2, 0.25) is 11.8 Å². The minimum atomic E-state index is 0.717. The van der Waals surface area contributed by atoms with E-state index in [-0.39, 0.29) is 0 Å². The van der Waals surface area contributed by atoms with E-state index in [0.717, 1.165) is 80.0 Å². The molecule has 0 saturated carbocycles. The molecule has 0 bridgehead atoms. The van der Waals surface area contributed by atoms with Crippen LogP contribution in [-0.2, 0) is 19.4 Å². The second kappa shape index (κ2) is 8.48. The minimum absolute atomic E-state index is 0.717. The molecule has 0 radical (unpaired) electrons. The topological polar surface area (TPSA) is 71.2 Å². The molecule has 1 aromatic carbocycles. The van der Waals surface area contributed by atoms with Crippen LogP contribution in [0.2, 0.25) is 0 Å². The average molecular weight is 378 g/mol. The van der Waals surface area contributed by atoms with Crippen molar-refractivity contribution < 1.29 is 4.42 Å². The molecule has 1 fully saturated rings. The molecule has 7 nitrogen and oxygen atoms in total. The van der Waals surface area contributed by atoms with Crippen LogP contribution in [-0.4, -0.2) is 51.2 Å². The number of nitrogens with zero attached hydrogens (tertiary/aromatic N) is 6. The summed E-state index contributed by atoms with van der Waals surface area (Å²) in [6, 6.07) is 10.1. The summed E-state index contributed by atoms with van der Waals surface area (Å²) in [6.07, 6.45) is 3.50. The van der Waals surface area contributed by atoms with Crippen LogP contribution in [0, 0.1) is 0 Å². The molecule has 0 amide bonds. The molecule has 3 aromatic rings. The van der Waals surface area contributed by atoms with E-state index in [9.17, 15) is 0 Å². The maximum atomic E-state index is 5.69. The molecule has 28 heavy (non-hydrogen) atoms. The van der Waals surface area contributed by atoms with E-state index in [1.54, 1.807) is 6.26 Å². The zero-order valence-corrected chi connectivity index (χ0v) is 16.5. The van der Waals surface area contributed by atoms with Crippen LogP contribution in [0.4, 0.5) is 5.95 Å². The normalized spacial score (nSPS) is 15.1. The van der Waals surface area contributed by atoms with Crippen molar-refractivity contribution in [2.75, 3.05) is 31.1 Å². The van der Waals surface area contributed by atoms with E-state index in [1.165, 1.54) is 0 Å². The Morgan fingerprint density at radius 3 is 2.36 bits per heavy atom. The first-order valence-corrected chi connectivity index (χ1v) is 9.96. The predicted molar refractivity (Wildman–Crippen MR) is 108 cm³/mol. The molecule has 1 saturated heterocycles. The monoisotopic (exact) mass is 378 g/mol. The van der Waals surface area contributed by atoms with Gasteiger partial charge >= 0.3 is 0 Å². The Labute approximate surface area is 165 Å². The molecule has 0 atom stereocenters. The number of hydrogen-bond donors (Lipinski definition) is 0. The Hall–Kier alpha value is -2.80. The van der Waals surface area contributed by atoms with E-state index in [2.05, 4.69) is 38.8 Å². The summed E-state index contributed by atoms with van der Waals surface area (Å²) in [5.41, 5.74) is 4.03. The zero-order chi connectivity index (χ0) is 19.3. The number of piperazine rings is 1. The van der Waals surface area contributed by atoms with Crippen molar-refractivity contribution in [1.29, 1.82) is 0 Å². The van der Waals surface area contributed by atoms with Crippen LogP contribution < -0.4 is 4.90 Å².